The van der Waals surface area contributed by atoms with Crippen LogP contribution in [0.3, 0.4) is 0 Å². The van der Waals surface area contributed by atoms with Crippen molar-refractivity contribution in [2.24, 2.45) is 11.8 Å². The molecule has 1 aliphatic rings. The molecular formula is C14H27NO2. The molecule has 0 aromatic rings. The number of carbonyl (C=O) groups is 1. The maximum atomic E-state index is 12.0. The first-order valence-electron chi connectivity index (χ1n) is 6.67. The summed E-state index contributed by atoms with van der Waals surface area (Å²) in [6.45, 7) is 14.3. The van der Waals surface area contributed by atoms with Crippen LogP contribution in [0.25, 0.3) is 0 Å². The number of hydrogen-bond acceptors (Lipinski definition) is 3. The van der Waals surface area contributed by atoms with Crippen LogP contribution in [0.5, 0.6) is 0 Å². The number of carbonyl (C=O) groups excluding carboxylic acids is 1. The Morgan fingerprint density at radius 1 is 1.29 bits per heavy atom. The molecule has 0 aromatic carbocycles. The van der Waals surface area contributed by atoms with Crippen molar-refractivity contribution in [1.29, 1.82) is 0 Å². The third-order valence-corrected chi connectivity index (χ3v) is 3.49. The fourth-order valence-electron chi connectivity index (χ4n) is 2.25. The molecule has 0 bridgehead atoms. The first-order chi connectivity index (χ1) is 7.70. The Bertz CT molecular complexity index is 268. The van der Waals surface area contributed by atoms with E-state index in [0.717, 1.165) is 19.0 Å². The summed E-state index contributed by atoms with van der Waals surface area (Å²) < 4.78 is 5.43. The Labute approximate surface area is 106 Å². The molecule has 0 N–H and O–H groups in total. The molecule has 2 unspecified atom stereocenters. The van der Waals surface area contributed by atoms with Crippen molar-refractivity contribution in [3.05, 3.63) is 0 Å². The second-order valence-corrected chi connectivity index (χ2v) is 6.50. The second-order valence-electron chi connectivity index (χ2n) is 6.50. The van der Waals surface area contributed by atoms with Gasteiger partial charge in [0.2, 0.25) is 0 Å². The van der Waals surface area contributed by atoms with Crippen molar-refractivity contribution < 1.29 is 9.53 Å². The van der Waals surface area contributed by atoms with E-state index in [1.807, 2.05) is 27.7 Å². The highest BCUT2D eigenvalue weighted by Gasteiger charge is 2.32. The number of ether oxygens (including phenoxy) is 1. The van der Waals surface area contributed by atoms with Crippen LogP contribution in [-0.4, -0.2) is 35.6 Å². The van der Waals surface area contributed by atoms with Gasteiger partial charge >= 0.3 is 5.97 Å². The summed E-state index contributed by atoms with van der Waals surface area (Å²) in [5.74, 6) is 1.33. The molecule has 0 amide bonds. The van der Waals surface area contributed by atoms with Gasteiger partial charge in [0.25, 0.3) is 0 Å². The molecule has 1 fully saturated rings. The molecule has 0 radical (unpaired) electrons. The van der Waals surface area contributed by atoms with E-state index < -0.39 is 0 Å². The minimum absolute atomic E-state index is 0.0955. The molecule has 0 spiro atoms. The molecule has 0 aromatic heterocycles. The van der Waals surface area contributed by atoms with Crippen molar-refractivity contribution in [2.45, 2.75) is 59.6 Å². The van der Waals surface area contributed by atoms with E-state index in [-0.39, 0.29) is 17.6 Å². The van der Waals surface area contributed by atoms with Crippen LogP contribution in [0.4, 0.5) is 0 Å². The van der Waals surface area contributed by atoms with Gasteiger partial charge in [-0.05, 0) is 52.5 Å². The van der Waals surface area contributed by atoms with Crippen molar-refractivity contribution in [3.8, 4) is 0 Å². The minimum atomic E-state index is -0.386. The monoisotopic (exact) mass is 241 g/mol. The maximum absolute atomic E-state index is 12.0. The van der Waals surface area contributed by atoms with Gasteiger partial charge < -0.3 is 4.74 Å². The van der Waals surface area contributed by atoms with E-state index >= 15 is 0 Å². The van der Waals surface area contributed by atoms with Gasteiger partial charge in [-0.1, -0.05) is 13.8 Å². The average Bonchev–Trinajstić information content (AvgIpc) is 2.62. The standard InChI is InChI=1S/C14H27NO2/c1-10(2)12-7-8-15(9-12)11(3)13(16)17-14(4,5)6/h10-12H,7-9H2,1-6H3. The summed E-state index contributed by atoms with van der Waals surface area (Å²) in [7, 11) is 0. The molecule has 100 valence electrons. The quantitative estimate of drug-likeness (QED) is 0.712. The minimum Gasteiger partial charge on any atom is -0.459 e. The summed E-state index contributed by atoms with van der Waals surface area (Å²) in [4.78, 5) is 14.2. The molecular weight excluding hydrogens is 214 g/mol. The smallest absolute Gasteiger partial charge is 0.323 e. The summed E-state index contributed by atoms with van der Waals surface area (Å²) in [6, 6.07) is -0.113. The summed E-state index contributed by atoms with van der Waals surface area (Å²) in [5.41, 5.74) is -0.386. The molecule has 0 saturated carbocycles. The Kier molecular flexibility index (Phi) is 4.59. The molecule has 1 rings (SSSR count). The third kappa shape index (κ3) is 4.30. The van der Waals surface area contributed by atoms with E-state index in [1.165, 1.54) is 6.42 Å². The van der Waals surface area contributed by atoms with Crippen molar-refractivity contribution in [2.75, 3.05) is 13.1 Å². The maximum Gasteiger partial charge on any atom is 0.323 e. The summed E-state index contributed by atoms with van der Waals surface area (Å²) in [6.07, 6.45) is 1.20. The van der Waals surface area contributed by atoms with Gasteiger partial charge in [-0.25, -0.2) is 0 Å². The number of hydrogen-bond donors (Lipinski definition) is 0. The second kappa shape index (κ2) is 5.38. The summed E-state index contributed by atoms with van der Waals surface area (Å²) in [5, 5.41) is 0. The lowest BCUT2D eigenvalue weighted by Crippen LogP contribution is -2.41. The first kappa shape index (κ1) is 14.5. The van der Waals surface area contributed by atoms with Crippen LogP contribution in [0.1, 0.15) is 48.0 Å². The van der Waals surface area contributed by atoms with Gasteiger partial charge in [0, 0.05) is 6.54 Å². The van der Waals surface area contributed by atoms with Crippen molar-refractivity contribution >= 4 is 5.97 Å². The zero-order chi connectivity index (χ0) is 13.2. The SMILES string of the molecule is CC(C)C1CCN(C(C)C(=O)OC(C)(C)C)C1. The Hall–Kier alpha value is -0.570. The topological polar surface area (TPSA) is 29.5 Å². The fourth-order valence-corrected chi connectivity index (χ4v) is 2.25. The molecule has 1 heterocycles. The molecule has 1 aliphatic heterocycles. The van der Waals surface area contributed by atoms with Gasteiger partial charge in [-0.2, -0.15) is 0 Å². The lowest BCUT2D eigenvalue weighted by molar-refractivity contribution is -0.160. The third-order valence-electron chi connectivity index (χ3n) is 3.49. The molecule has 3 nitrogen and oxygen atoms in total. The molecule has 17 heavy (non-hydrogen) atoms. The highest BCUT2D eigenvalue weighted by Crippen LogP contribution is 2.25. The fraction of sp³-hybridized carbons (Fsp3) is 0.929. The Morgan fingerprint density at radius 2 is 1.88 bits per heavy atom. The average molecular weight is 241 g/mol. The van der Waals surface area contributed by atoms with Crippen molar-refractivity contribution in [3.63, 3.8) is 0 Å². The Balaban J connectivity index is 2.49. The highest BCUT2D eigenvalue weighted by molar-refractivity contribution is 5.75. The lowest BCUT2D eigenvalue weighted by Gasteiger charge is -2.27. The van der Waals surface area contributed by atoms with Crippen molar-refractivity contribution in [1.82, 2.24) is 4.90 Å². The van der Waals surface area contributed by atoms with Crippen LogP contribution in [-0.2, 0) is 9.53 Å². The van der Waals surface area contributed by atoms with Gasteiger partial charge in [0.1, 0.15) is 11.6 Å². The first-order valence-corrected chi connectivity index (χ1v) is 6.67. The van der Waals surface area contributed by atoms with Gasteiger partial charge in [-0.15, -0.1) is 0 Å². The zero-order valence-electron chi connectivity index (χ0n) is 12.1. The molecule has 2 atom stereocenters. The molecule has 1 saturated heterocycles. The number of rotatable bonds is 3. The van der Waals surface area contributed by atoms with E-state index in [4.69, 9.17) is 4.74 Å². The van der Waals surface area contributed by atoms with Crippen LogP contribution < -0.4 is 0 Å². The van der Waals surface area contributed by atoms with Gasteiger partial charge in [0.05, 0.1) is 0 Å². The van der Waals surface area contributed by atoms with E-state index in [1.54, 1.807) is 0 Å². The summed E-state index contributed by atoms with van der Waals surface area (Å²) >= 11 is 0. The van der Waals surface area contributed by atoms with Crippen LogP contribution >= 0.6 is 0 Å². The normalized spacial score (nSPS) is 24.1. The van der Waals surface area contributed by atoms with Gasteiger partial charge in [-0.3, -0.25) is 9.69 Å². The lowest BCUT2D eigenvalue weighted by atomic mass is 9.95. The van der Waals surface area contributed by atoms with E-state index in [9.17, 15) is 4.79 Å². The number of nitrogens with zero attached hydrogens (tertiary/aromatic N) is 1. The zero-order valence-corrected chi connectivity index (χ0v) is 12.1. The number of likely N-dealkylation sites (tertiary alicyclic amines) is 1. The van der Waals surface area contributed by atoms with Crippen LogP contribution in [0.2, 0.25) is 0 Å². The predicted molar refractivity (Wildman–Crippen MR) is 69.8 cm³/mol. The van der Waals surface area contributed by atoms with E-state index in [2.05, 4.69) is 18.7 Å². The highest BCUT2D eigenvalue weighted by atomic mass is 16.6. The number of esters is 1. The molecule has 0 aliphatic carbocycles. The largest absolute Gasteiger partial charge is 0.459 e. The van der Waals surface area contributed by atoms with Crippen LogP contribution in [0, 0.1) is 11.8 Å². The Morgan fingerprint density at radius 3 is 2.29 bits per heavy atom. The molecule has 3 heteroatoms. The van der Waals surface area contributed by atoms with E-state index in [0.29, 0.717) is 5.92 Å². The van der Waals surface area contributed by atoms with Gasteiger partial charge in [0.15, 0.2) is 0 Å². The van der Waals surface area contributed by atoms with Crippen LogP contribution in [0.15, 0.2) is 0 Å². The predicted octanol–water partition coefficient (Wildman–Crippen LogP) is 2.69.